The second-order valence-corrected chi connectivity index (χ2v) is 8.14. The summed E-state index contributed by atoms with van der Waals surface area (Å²) in [6.45, 7) is 3.81. The number of hydrogen-bond donors (Lipinski definition) is 0. The van der Waals surface area contributed by atoms with Gasteiger partial charge in [-0.25, -0.2) is 4.98 Å². The fourth-order valence-electron chi connectivity index (χ4n) is 3.56. The van der Waals surface area contributed by atoms with Gasteiger partial charge in [-0.15, -0.1) is 11.3 Å². The molecule has 2 aromatic heterocycles. The van der Waals surface area contributed by atoms with E-state index < -0.39 is 12.1 Å². The number of methoxy groups -OCH3 is 1. The zero-order valence-electron chi connectivity index (χ0n) is 18.5. The molecule has 0 N–H and O–H groups in total. The molecular formula is C24H22NNaO5S. The fraction of sp³-hybridized carbons (Fsp3) is 0.250. The van der Waals surface area contributed by atoms with E-state index in [-0.39, 0.29) is 42.1 Å². The van der Waals surface area contributed by atoms with Crippen LogP contribution in [0, 0.1) is 6.92 Å². The van der Waals surface area contributed by atoms with Crippen molar-refractivity contribution in [2.75, 3.05) is 7.11 Å². The van der Waals surface area contributed by atoms with E-state index in [0.29, 0.717) is 17.4 Å². The van der Waals surface area contributed by atoms with E-state index in [1.54, 1.807) is 0 Å². The molecule has 4 rings (SSSR count). The van der Waals surface area contributed by atoms with Crippen LogP contribution in [0.1, 0.15) is 30.0 Å². The summed E-state index contributed by atoms with van der Waals surface area (Å²) in [5, 5.41) is 14.1. The molecule has 0 bridgehead atoms. The summed E-state index contributed by atoms with van der Waals surface area (Å²) in [4.78, 5) is 15.9. The van der Waals surface area contributed by atoms with Crippen molar-refractivity contribution in [1.82, 2.24) is 4.98 Å². The SMILES string of the molecule is CO[C@@H](Cc1ccc(OC(C)c2nc(-c3ccccc3)oc2C)c2ccsc12)C(=O)[O-].[Na+]. The second-order valence-electron chi connectivity index (χ2n) is 7.22. The maximum Gasteiger partial charge on any atom is 1.00 e. The summed E-state index contributed by atoms with van der Waals surface area (Å²) < 4.78 is 18.1. The predicted molar refractivity (Wildman–Crippen MR) is 117 cm³/mol. The van der Waals surface area contributed by atoms with Crippen molar-refractivity contribution >= 4 is 27.4 Å². The number of oxazole rings is 1. The van der Waals surface area contributed by atoms with Gasteiger partial charge in [0.25, 0.3) is 0 Å². The number of nitrogens with zero attached hydrogens (tertiary/aromatic N) is 1. The van der Waals surface area contributed by atoms with Crippen molar-refractivity contribution in [3.63, 3.8) is 0 Å². The van der Waals surface area contributed by atoms with Crippen LogP contribution in [0.25, 0.3) is 21.5 Å². The molecule has 4 aromatic rings. The molecule has 0 fully saturated rings. The van der Waals surface area contributed by atoms with Gasteiger partial charge < -0.3 is 23.8 Å². The van der Waals surface area contributed by atoms with Crippen LogP contribution < -0.4 is 39.4 Å². The predicted octanol–water partition coefficient (Wildman–Crippen LogP) is 1.32. The van der Waals surface area contributed by atoms with Crippen LogP contribution in [-0.4, -0.2) is 24.2 Å². The van der Waals surface area contributed by atoms with Crippen molar-refractivity contribution in [3.8, 4) is 17.2 Å². The van der Waals surface area contributed by atoms with Crippen LogP contribution in [0.4, 0.5) is 0 Å². The maximum absolute atomic E-state index is 11.2. The number of aryl methyl sites for hydroxylation is 1. The minimum atomic E-state index is -1.23. The summed E-state index contributed by atoms with van der Waals surface area (Å²) in [6.07, 6.45) is -1.09. The van der Waals surface area contributed by atoms with Crippen molar-refractivity contribution in [1.29, 1.82) is 0 Å². The molecule has 0 aliphatic heterocycles. The number of hydrogen-bond acceptors (Lipinski definition) is 7. The molecule has 8 heteroatoms. The zero-order valence-corrected chi connectivity index (χ0v) is 21.3. The van der Waals surface area contributed by atoms with E-state index in [4.69, 9.17) is 13.9 Å². The molecule has 6 nitrogen and oxygen atoms in total. The first-order chi connectivity index (χ1) is 15.0. The van der Waals surface area contributed by atoms with Crippen LogP contribution in [0.2, 0.25) is 0 Å². The van der Waals surface area contributed by atoms with Gasteiger partial charge in [0, 0.05) is 29.2 Å². The van der Waals surface area contributed by atoms with Gasteiger partial charge in [-0.3, -0.25) is 0 Å². The maximum atomic E-state index is 11.2. The average molecular weight is 459 g/mol. The number of benzene rings is 2. The molecule has 0 radical (unpaired) electrons. The standard InChI is InChI=1S/C24H23NO5S.Na/c1-14(21-15(2)30-23(25-21)16-7-5-4-6-8-16)29-19-10-9-17(13-20(28-3)24(26)27)22-18(19)11-12-31-22;/h4-12,14,20H,13H2,1-3H3,(H,26,27);/q;+1/p-1/t14?,20-;/m0./s1. The Kier molecular flexibility index (Phi) is 8.14. The van der Waals surface area contributed by atoms with Gasteiger partial charge in [-0.05, 0) is 49.1 Å². The Labute approximate surface area is 212 Å². The van der Waals surface area contributed by atoms with Crippen molar-refractivity contribution in [2.24, 2.45) is 0 Å². The molecule has 2 atom stereocenters. The molecule has 0 aliphatic carbocycles. The molecular weight excluding hydrogens is 437 g/mol. The molecule has 0 amide bonds. The normalized spacial score (nSPS) is 12.8. The summed E-state index contributed by atoms with van der Waals surface area (Å²) in [7, 11) is 1.37. The largest absolute Gasteiger partial charge is 1.00 e. The number of carboxylic acids is 1. The Morgan fingerprint density at radius 1 is 1.19 bits per heavy atom. The molecule has 0 saturated carbocycles. The van der Waals surface area contributed by atoms with Gasteiger partial charge in [-0.2, -0.15) is 0 Å². The van der Waals surface area contributed by atoms with E-state index in [1.165, 1.54) is 18.4 Å². The quantitative estimate of drug-likeness (QED) is 0.370. The van der Waals surface area contributed by atoms with Gasteiger partial charge in [0.1, 0.15) is 29.4 Å². The molecule has 2 aromatic carbocycles. The molecule has 0 aliphatic rings. The van der Waals surface area contributed by atoms with Crippen molar-refractivity contribution in [3.05, 3.63) is 70.9 Å². The number of thiophene rings is 1. The summed E-state index contributed by atoms with van der Waals surface area (Å²) >= 11 is 1.54. The summed E-state index contributed by atoms with van der Waals surface area (Å²) in [5.41, 5.74) is 2.53. The van der Waals surface area contributed by atoms with Crippen LogP contribution >= 0.6 is 11.3 Å². The molecule has 0 saturated heterocycles. The fourth-order valence-corrected chi connectivity index (χ4v) is 4.49. The van der Waals surface area contributed by atoms with Gasteiger partial charge in [0.2, 0.25) is 5.89 Å². The Morgan fingerprint density at radius 3 is 2.62 bits per heavy atom. The third-order valence-corrected chi connectivity index (χ3v) is 6.14. The first-order valence-electron chi connectivity index (χ1n) is 9.90. The van der Waals surface area contributed by atoms with Crippen molar-refractivity contribution in [2.45, 2.75) is 32.5 Å². The number of aliphatic carboxylic acids is 1. The van der Waals surface area contributed by atoms with E-state index in [1.807, 2.05) is 67.8 Å². The second kappa shape index (κ2) is 10.6. The smallest absolute Gasteiger partial charge is 0.547 e. The molecule has 2 heterocycles. The third-order valence-electron chi connectivity index (χ3n) is 5.15. The van der Waals surface area contributed by atoms with E-state index in [2.05, 4.69) is 4.98 Å². The summed E-state index contributed by atoms with van der Waals surface area (Å²) in [6, 6.07) is 15.4. The van der Waals surface area contributed by atoms with E-state index in [0.717, 1.165) is 26.9 Å². The van der Waals surface area contributed by atoms with Crippen molar-refractivity contribution < 1.29 is 53.3 Å². The minimum absolute atomic E-state index is 0. The minimum Gasteiger partial charge on any atom is -0.547 e. The van der Waals surface area contributed by atoms with Gasteiger partial charge in [0.05, 0.1) is 5.97 Å². The first-order valence-corrected chi connectivity index (χ1v) is 10.8. The van der Waals surface area contributed by atoms with Gasteiger partial charge in [0.15, 0.2) is 0 Å². The molecule has 32 heavy (non-hydrogen) atoms. The average Bonchev–Trinajstić information content (AvgIpc) is 3.41. The first kappa shape index (κ1) is 24.5. The molecule has 1 unspecified atom stereocenters. The van der Waals surface area contributed by atoms with Crippen LogP contribution in [-0.2, 0) is 16.0 Å². The number of carbonyl (C=O) groups is 1. The van der Waals surface area contributed by atoms with Gasteiger partial charge in [-0.1, -0.05) is 24.3 Å². The molecule has 160 valence electrons. The Bertz CT molecular complexity index is 1200. The van der Waals surface area contributed by atoms with Crippen LogP contribution in [0.15, 0.2) is 58.3 Å². The van der Waals surface area contributed by atoms with E-state index >= 15 is 0 Å². The number of rotatable bonds is 8. The molecule has 0 spiro atoms. The number of carbonyl (C=O) groups excluding carboxylic acids is 1. The Hall–Kier alpha value is -2.16. The third kappa shape index (κ3) is 5.08. The number of aromatic nitrogens is 1. The summed E-state index contributed by atoms with van der Waals surface area (Å²) in [5.74, 6) is 0.754. The number of fused-ring (bicyclic) bond motifs is 1. The van der Waals surface area contributed by atoms with Crippen LogP contribution in [0.5, 0.6) is 5.75 Å². The number of ether oxygens (including phenoxy) is 2. The topological polar surface area (TPSA) is 84.6 Å². The van der Waals surface area contributed by atoms with Gasteiger partial charge >= 0.3 is 29.6 Å². The van der Waals surface area contributed by atoms with Crippen LogP contribution in [0.3, 0.4) is 0 Å². The van der Waals surface area contributed by atoms with E-state index in [9.17, 15) is 9.90 Å². The Morgan fingerprint density at radius 2 is 1.94 bits per heavy atom. The number of carboxylic acid groups (broad SMARTS) is 1. The zero-order chi connectivity index (χ0) is 22.0. The Balaban J connectivity index is 0.00000289. The monoisotopic (exact) mass is 459 g/mol.